The predicted molar refractivity (Wildman–Crippen MR) is 117 cm³/mol. The minimum absolute atomic E-state index is 0. The highest BCUT2D eigenvalue weighted by molar-refractivity contribution is 14.0. The van der Waals surface area contributed by atoms with E-state index < -0.39 is 5.97 Å². The first-order chi connectivity index (χ1) is 12.5. The molecule has 148 valence electrons. The number of carbonyl (C=O) groups is 1. The van der Waals surface area contributed by atoms with E-state index in [1.807, 2.05) is 38.5 Å². The van der Waals surface area contributed by atoms with Gasteiger partial charge >= 0.3 is 5.97 Å². The number of carbonyl (C=O) groups excluding carboxylic acids is 1. The minimum Gasteiger partial charge on any atom is -0.496 e. The first kappa shape index (κ1) is 22.8. The Morgan fingerprint density at radius 1 is 1.30 bits per heavy atom. The average molecular weight is 486 g/mol. The Bertz CT molecular complexity index is 789. The lowest BCUT2D eigenvalue weighted by Crippen LogP contribution is -2.38. The lowest BCUT2D eigenvalue weighted by Gasteiger charge is -2.22. The summed E-state index contributed by atoms with van der Waals surface area (Å²) < 4.78 is 12.1. The monoisotopic (exact) mass is 486 g/mol. The highest BCUT2D eigenvalue weighted by atomic mass is 127. The summed E-state index contributed by atoms with van der Waals surface area (Å²) in [5.74, 6) is 0.852. The Kier molecular flexibility index (Phi) is 9.13. The van der Waals surface area contributed by atoms with Gasteiger partial charge in [0.15, 0.2) is 5.96 Å². The Morgan fingerprint density at radius 3 is 2.59 bits per heavy atom. The molecule has 0 saturated carbocycles. The molecule has 2 aromatic rings. The second-order valence-electron chi connectivity index (χ2n) is 5.89. The first-order valence-electron chi connectivity index (χ1n) is 8.27. The van der Waals surface area contributed by atoms with E-state index in [1.165, 1.54) is 19.9 Å². The second-order valence-corrected chi connectivity index (χ2v) is 5.89. The van der Waals surface area contributed by atoms with Crippen molar-refractivity contribution >= 4 is 35.9 Å². The molecular formula is C19H27IN4O3. The van der Waals surface area contributed by atoms with E-state index in [4.69, 9.17) is 9.47 Å². The van der Waals surface area contributed by atoms with Crippen LogP contribution in [-0.4, -0.2) is 49.7 Å². The zero-order valence-electron chi connectivity index (χ0n) is 16.4. The fourth-order valence-electron chi connectivity index (χ4n) is 2.67. The van der Waals surface area contributed by atoms with Crippen molar-refractivity contribution in [2.75, 3.05) is 28.3 Å². The number of halogens is 1. The molecule has 0 atom stereocenters. The van der Waals surface area contributed by atoms with Crippen LogP contribution in [0.2, 0.25) is 0 Å². The van der Waals surface area contributed by atoms with Gasteiger partial charge in [0.2, 0.25) is 0 Å². The zero-order valence-corrected chi connectivity index (χ0v) is 18.7. The standard InChI is InChI=1S/C19H26N4O3.HI/c1-20-19(23(3)13-15-7-6-10-22(15)2)21-12-14-8-9-16(18(24)26-5)17(11-14)25-4;/h6-11H,12-13H2,1-5H3,(H,20,21);1H. The van der Waals surface area contributed by atoms with E-state index in [-0.39, 0.29) is 24.0 Å². The zero-order chi connectivity index (χ0) is 19.1. The van der Waals surface area contributed by atoms with Crippen molar-refractivity contribution < 1.29 is 14.3 Å². The summed E-state index contributed by atoms with van der Waals surface area (Å²) >= 11 is 0. The average Bonchev–Trinajstić information content (AvgIpc) is 3.05. The number of aliphatic imine (C=N–C) groups is 1. The van der Waals surface area contributed by atoms with Gasteiger partial charge in [-0.15, -0.1) is 24.0 Å². The van der Waals surface area contributed by atoms with Gasteiger partial charge in [0.1, 0.15) is 11.3 Å². The third kappa shape index (κ3) is 5.88. The van der Waals surface area contributed by atoms with Gasteiger partial charge in [0, 0.05) is 39.6 Å². The molecule has 0 spiro atoms. The second kappa shape index (κ2) is 10.8. The first-order valence-corrected chi connectivity index (χ1v) is 8.27. The minimum atomic E-state index is -0.417. The number of aryl methyl sites for hydroxylation is 1. The summed E-state index contributed by atoms with van der Waals surface area (Å²) in [5, 5.41) is 3.33. The van der Waals surface area contributed by atoms with Crippen molar-refractivity contribution in [2.45, 2.75) is 13.1 Å². The normalized spacial score (nSPS) is 10.8. The predicted octanol–water partition coefficient (Wildman–Crippen LogP) is 2.65. The van der Waals surface area contributed by atoms with Gasteiger partial charge < -0.3 is 24.3 Å². The summed E-state index contributed by atoms with van der Waals surface area (Å²) in [6.45, 7) is 1.30. The van der Waals surface area contributed by atoms with Crippen molar-refractivity contribution in [2.24, 2.45) is 12.0 Å². The molecule has 8 heteroatoms. The molecule has 1 heterocycles. The SMILES string of the molecule is CN=C(NCc1ccc(C(=O)OC)c(OC)c1)N(C)Cc1cccn1C.I. The molecule has 1 aromatic heterocycles. The van der Waals surface area contributed by atoms with Crippen molar-refractivity contribution in [3.05, 3.63) is 53.3 Å². The van der Waals surface area contributed by atoms with Crippen LogP contribution < -0.4 is 10.1 Å². The van der Waals surface area contributed by atoms with Crippen molar-refractivity contribution in [1.82, 2.24) is 14.8 Å². The van der Waals surface area contributed by atoms with Crippen LogP contribution in [0.15, 0.2) is 41.5 Å². The molecule has 27 heavy (non-hydrogen) atoms. The maximum absolute atomic E-state index is 11.7. The van der Waals surface area contributed by atoms with Crippen molar-refractivity contribution in [1.29, 1.82) is 0 Å². The number of aromatic nitrogens is 1. The Morgan fingerprint density at radius 2 is 2.04 bits per heavy atom. The van der Waals surface area contributed by atoms with E-state index in [2.05, 4.69) is 25.8 Å². The molecule has 0 amide bonds. The fourth-order valence-corrected chi connectivity index (χ4v) is 2.67. The summed E-state index contributed by atoms with van der Waals surface area (Å²) in [6, 6.07) is 9.50. The number of esters is 1. The third-order valence-corrected chi connectivity index (χ3v) is 4.15. The molecule has 1 N–H and O–H groups in total. The molecule has 0 radical (unpaired) electrons. The fraction of sp³-hybridized carbons (Fsp3) is 0.368. The number of hydrogen-bond acceptors (Lipinski definition) is 4. The molecule has 0 unspecified atom stereocenters. The van der Waals surface area contributed by atoms with E-state index in [0.29, 0.717) is 17.9 Å². The highest BCUT2D eigenvalue weighted by Crippen LogP contribution is 2.21. The summed E-state index contributed by atoms with van der Waals surface area (Å²) in [5.41, 5.74) is 2.58. The Balaban J connectivity index is 0.00000364. The molecule has 0 saturated heterocycles. The Hall–Kier alpha value is -2.23. The van der Waals surface area contributed by atoms with Crippen LogP contribution in [0.5, 0.6) is 5.75 Å². The van der Waals surface area contributed by atoms with Crippen LogP contribution >= 0.6 is 24.0 Å². The van der Waals surface area contributed by atoms with Gasteiger partial charge in [0.25, 0.3) is 0 Å². The van der Waals surface area contributed by atoms with Crippen molar-refractivity contribution in [3.8, 4) is 5.75 Å². The van der Waals surface area contributed by atoms with E-state index in [1.54, 1.807) is 13.1 Å². The maximum atomic E-state index is 11.7. The number of nitrogens with zero attached hydrogens (tertiary/aromatic N) is 3. The van der Waals surface area contributed by atoms with Gasteiger partial charge in [-0.1, -0.05) is 6.07 Å². The Labute approximate surface area is 177 Å². The quantitative estimate of drug-likeness (QED) is 0.295. The number of methoxy groups -OCH3 is 2. The van der Waals surface area contributed by atoms with Gasteiger partial charge in [-0.05, 0) is 29.8 Å². The number of benzene rings is 1. The molecule has 1 aromatic carbocycles. The van der Waals surface area contributed by atoms with Crippen LogP contribution in [0.3, 0.4) is 0 Å². The van der Waals surface area contributed by atoms with Crippen LogP contribution in [-0.2, 0) is 24.9 Å². The van der Waals surface area contributed by atoms with Crippen LogP contribution in [0, 0.1) is 0 Å². The van der Waals surface area contributed by atoms with E-state index in [9.17, 15) is 4.79 Å². The number of nitrogens with one attached hydrogen (secondary N) is 1. The van der Waals surface area contributed by atoms with Crippen molar-refractivity contribution in [3.63, 3.8) is 0 Å². The summed E-state index contributed by atoms with van der Waals surface area (Å²) in [4.78, 5) is 18.1. The van der Waals surface area contributed by atoms with Crippen LogP contribution in [0.25, 0.3) is 0 Å². The lowest BCUT2D eigenvalue weighted by atomic mass is 10.1. The lowest BCUT2D eigenvalue weighted by molar-refractivity contribution is 0.0597. The van der Waals surface area contributed by atoms with Gasteiger partial charge in [0.05, 0.1) is 20.8 Å². The van der Waals surface area contributed by atoms with E-state index >= 15 is 0 Å². The number of guanidine groups is 1. The number of ether oxygens (including phenoxy) is 2. The molecule has 0 aliphatic rings. The number of rotatable bonds is 6. The molecule has 2 rings (SSSR count). The molecule has 7 nitrogen and oxygen atoms in total. The smallest absolute Gasteiger partial charge is 0.341 e. The largest absolute Gasteiger partial charge is 0.496 e. The third-order valence-electron chi connectivity index (χ3n) is 4.15. The summed E-state index contributed by atoms with van der Waals surface area (Å²) in [6.07, 6.45) is 2.02. The van der Waals surface area contributed by atoms with Gasteiger partial charge in [-0.2, -0.15) is 0 Å². The van der Waals surface area contributed by atoms with Crippen LogP contribution in [0.4, 0.5) is 0 Å². The molecule has 0 fully saturated rings. The molecule has 0 aliphatic carbocycles. The molecular weight excluding hydrogens is 459 g/mol. The number of hydrogen-bond donors (Lipinski definition) is 1. The molecule has 0 bridgehead atoms. The summed E-state index contributed by atoms with van der Waals surface area (Å²) in [7, 11) is 8.65. The van der Waals surface area contributed by atoms with E-state index in [0.717, 1.165) is 18.1 Å². The topological polar surface area (TPSA) is 68.1 Å². The maximum Gasteiger partial charge on any atom is 0.341 e. The van der Waals surface area contributed by atoms with Crippen LogP contribution in [0.1, 0.15) is 21.6 Å². The molecule has 0 aliphatic heterocycles. The van der Waals surface area contributed by atoms with Gasteiger partial charge in [-0.25, -0.2) is 4.79 Å². The highest BCUT2D eigenvalue weighted by Gasteiger charge is 2.14. The van der Waals surface area contributed by atoms with Gasteiger partial charge in [-0.3, -0.25) is 4.99 Å².